The summed E-state index contributed by atoms with van der Waals surface area (Å²) < 4.78 is 27.3. The highest BCUT2D eigenvalue weighted by molar-refractivity contribution is 7.92. The minimum atomic E-state index is -3.63. The molecule has 1 aliphatic heterocycles. The Bertz CT molecular complexity index is 908. The van der Waals surface area contributed by atoms with Gasteiger partial charge in [0.1, 0.15) is 0 Å². The van der Waals surface area contributed by atoms with Crippen LogP contribution in [0.3, 0.4) is 0 Å². The average molecular weight is 379 g/mol. The summed E-state index contributed by atoms with van der Waals surface area (Å²) in [5, 5.41) is 0.605. The standard InChI is InChI=1S/C18H19ClN2O3S/c1-20(2)18(22)11-13-3-6-16(7-4-13)25(23,24)21-10-9-14-12-15(19)5-8-17(14)21/h3-8,12H,9-11H2,1-2H3. The molecule has 0 aliphatic carbocycles. The summed E-state index contributed by atoms with van der Waals surface area (Å²) in [6.07, 6.45) is 0.892. The third kappa shape index (κ3) is 3.50. The average Bonchev–Trinajstić information content (AvgIpc) is 2.99. The van der Waals surface area contributed by atoms with E-state index in [1.807, 2.05) is 6.07 Å². The van der Waals surface area contributed by atoms with Crippen LogP contribution in [0.25, 0.3) is 0 Å². The molecule has 0 saturated heterocycles. The molecule has 0 bridgehead atoms. The van der Waals surface area contributed by atoms with Crippen LogP contribution in [-0.4, -0.2) is 39.9 Å². The maximum absolute atomic E-state index is 12.9. The molecule has 0 aromatic heterocycles. The number of hydrogen-bond acceptors (Lipinski definition) is 3. The van der Waals surface area contributed by atoms with Crippen molar-refractivity contribution in [3.63, 3.8) is 0 Å². The molecule has 2 aromatic carbocycles. The highest BCUT2D eigenvalue weighted by atomic mass is 35.5. The molecule has 25 heavy (non-hydrogen) atoms. The van der Waals surface area contributed by atoms with Crippen molar-refractivity contribution in [3.05, 3.63) is 58.6 Å². The smallest absolute Gasteiger partial charge is 0.264 e. The Kier molecular flexibility index (Phi) is 4.75. The van der Waals surface area contributed by atoms with Crippen LogP contribution in [-0.2, 0) is 27.7 Å². The summed E-state index contributed by atoms with van der Waals surface area (Å²) in [6.45, 7) is 0.402. The van der Waals surface area contributed by atoms with Crippen molar-refractivity contribution in [2.45, 2.75) is 17.7 Å². The molecule has 7 heteroatoms. The molecular weight excluding hydrogens is 360 g/mol. The fourth-order valence-electron chi connectivity index (χ4n) is 2.83. The predicted octanol–water partition coefficient (Wildman–Crippen LogP) is 2.72. The van der Waals surface area contributed by atoms with Gasteiger partial charge >= 0.3 is 0 Å². The number of likely N-dealkylation sites (N-methyl/N-ethyl adjacent to an activating group) is 1. The molecule has 1 heterocycles. The van der Waals surface area contributed by atoms with Crippen LogP contribution in [0.4, 0.5) is 5.69 Å². The topological polar surface area (TPSA) is 57.7 Å². The molecule has 132 valence electrons. The first kappa shape index (κ1) is 17.8. The normalized spacial score (nSPS) is 13.6. The van der Waals surface area contributed by atoms with E-state index in [-0.39, 0.29) is 17.2 Å². The zero-order valence-corrected chi connectivity index (χ0v) is 15.6. The van der Waals surface area contributed by atoms with E-state index in [2.05, 4.69) is 0 Å². The number of amides is 1. The molecule has 5 nitrogen and oxygen atoms in total. The van der Waals surface area contributed by atoms with Crippen LogP contribution in [0.2, 0.25) is 5.02 Å². The minimum absolute atomic E-state index is 0.0269. The first-order chi connectivity index (χ1) is 11.8. The number of benzene rings is 2. The Morgan fingerprint density at radius 1 is 1.16 bits per heavy atom. The monoisotopic (exact) mass is 378 g/mol. The lowest BCUT2D eigenvalue weighted by atomic mass is 10.1. The van der Waals surface area contributed by atoms with Crippen LogP contribution in [0.1, 0.15) is 11.1 Å². The summed E-state index contributed by atoms with van der Waals surface area (Å²) in [6, 6.07) is 11.7. The van der Waals surface area contributed by atoms with E-state index in [1.54, 1.807) is 50.5 Å². The largest absolute Gasteiger partial charge is 0.349 e. The van der Waals surface area contributed by atoms with E-state index in [0.717, 1.165) is 11.1 Å². The van der Waals surface area contributed by atoms with Crippen molar-refractivity contribution < 1.29 is 13.2 Å². The van der Waals surface area contributed by atoms with E-state index in [0.29, 0.717) is 23.7 Å². The van der Waals surface area contributed by atoms with Crippen molar-refractivity contribution in [1.29, 1.82) is 0 Å². The van der Waals surface area contributed by atoms with E-state index in [9.17, 15) is 13.2 Å². The van der Waals surface area contributed by atoms with Crippen LogP contribution in [0, 0.1) is 0 Å². The summed E-state index contributed by atoms with van der Waals surface area (Å²) in [7, 11) is -0.246. The second-order valence-electron chi connectivity index (χ2n) is 6.21. The van der Waals surface area contributed by atoms with Gasteiger partial charge in [0.25, 0.3) is 10.0 Å². The lowest BCUT2D eigenvalue weighted by Crippen LogP contribution is -2.29. The van der Waals surface area contributed by atoms with Gasteiger partial charge in [-0.05, 0) is 47.9 Å². The lowest BCUT2D eigenvalue weighted by molar-refractivity contribution is -0.127. The molecule has 0 spiro atoms. The third-order valence-corrected chi connectivity index (χ3v) is 6.32. The molecule has 0 saturated carbocycles. The molecule has 2 aromatic rings. The molecular formula is C18H19ClN2O3S. The van der Waals surface area contributed by atoms with Crippen molar-refractivity contribution in [3.8, 4) is 0 Å². The zero-order valence-electron chi connectivity index (χ0n) is 14.1. The lowest BCUT2D eigenvalue weighted by Gasteiger charge is -2.20. The maximum Gasteiger partial charge on any atom is 0.264 e. The van der Waals surface area contributed by atoms with E-state index >= 15 is 0 Å². The number of anilines is 1. The van der Waals surface area contributed by atoms with Gasteiger partial charge < -0.3 is 4.90 Å². The Hall–Kier alpha value is -2.05. The third-order valence-electron chi connectivity index (χ3n) is 4.26. The molecule has 0 N–H and O–H groups in total. The second-order valence-corrected chi connectivity index (χ2v) is 8.51. The van der Waals surface area contributed by atoms with E-state index < -0.39 is 10.0 Å². The summed E-state index contributed by atoms with van der Waals surface area (Å²) >= 11 is 5.98. The maximum atomic E-state index is 12.9. The minimum Gasteiger partial charge on any atom is -0.349 e. The molecule has 1 amide bonds. The Labute approximate surface area is 152 Å². The van der Waals surface area contributed by atoms with Crippen LogP contribution < -0.4 is 4.31 Å². The number of rotatable bonds is 4. The summed E-state index contributed by atoms with van der Waals surface area (Å²) in [5.41, 5.74) is 2.40. The first-order valence-corrected chi connectivity index (χ1v) is 9.71. The number of carbonyl (C=O) groups is 1. The zero-order chi connectivity index (χ0) is 18.2. The van der Waals surface area contributed by atoms with Crippen molar-refractivity contribution in [1.82, 2.24) is 4.90 Å². The van der Waals surface area contributed by atoms with Gasteiger partial charge in [0.2, 0.25) is 5.91 Å². The highest BCUT2D eigenvalue weighted by Crippen LogP contribution is 2.34. The number of sulfonamides is 1. The Morgan fingerprint density at radius 3 is 2.48 bits per heavy atom. The number of carbonyl (C=O) groups excluding carboxylic acids is 1. The quantitative estimate of drug-likeness (QED) is 0.821. The van der Waals surface area contributed by atoms with E-state index in [1.165, 1.54) is 9.21 Å². The van der Waals surface area contributed by atoms with Gasteiger partial charge in [0.15, 0.2) is 0 Å². The van der Waals surface area contributed by atoms with Gasteiger partial charge in [-0.2, -0.15) is 0 Å². The van der Waals surface area contributed by atoms with Crippen molar-refractivity contribution >= 4 is 33.2 Å². The van der Waals surface area contributed by atoms with Gasteiger partial charge in [-0.1, -0.05) is 23.7 Å². The first-order valence-electron chi connectivity index (χ1n) is 7.89. The highest BCUT2D eigenvalue weighted by Gasteiger charge is 2.30. The van der Waals surface area contributed by atoms with Crippen LogP contribution in [0.15, 0.2) is 47.4 Å². The Morgan fingerprint density at radius 2 is 1.84 bits per heavy atom. The fraction of sp³-hybridized carbons (Fsp3) is 0.278. The number of halogens is 1. The predicted molar refractivity (Wildman–Crippen MR) is 98.5 cm³/mol. The number of fused-ring (bicyclic) bond motifs is 1. The van der Waals surface area contributed by atoms with Crippen LogP contribution in [0.5, 0.6) is 0 Å². The SMILES string of the molecule is CN(C)C(=O)Cc1ccc(S(=O)(=O)N2CCc3cc(Cl)ccc32)cc1. The van der Waals surface area contributed by atoms with Gasteiger partial charge in [0, 0.05) is 25.7 Å². The van der Waals surface area contributed by atoms with Gasteiger partial charge in [-0.25, -0.2) is 8.42 Å². The van der Waals surface area contributed by atoms with Crippen molar-refractivity contribution in [2.24, 2.45) is 0 Å². The van der Waals surface area contributed by atoms with Crippen LogP contribution >= 0.6 is 11.6 Å². The van der Waals surface area contributed by atoms with Gasteiger partial charge in [0.05, 0.1) is 17.0 Å². The molecule has 0 radical (unpaired) electrons. The molecule has 3 rings (SSSR count). The Balaban J connectivity index is 1.86. The number of nitrogens with zero attached hydrogens (tertiary/aromatic N) is 2. The fourth-order valence-corrected chi connectivity index (χ4v) is 4.53. The number of hydrogen-bond donors (Lipinski definition) is 0. The van der Waals surface area contributed by atoms with Gasteiger partial charge in [-0.15, -0.1) is 0 Å². The molecule has 1 aliphatic rings. The molecule has 0 atom stereocenters. The summed E-state index contributed by atoms with van der Waals surface area (Å²) in [5.74, 6) is -0.0269. The molecule has 0 fully saturated rings. The second kappa shape index (κ2) is 6.69. The summed E-state index contributed by atoms with van der Waals surface area (Å²) in [4.78, 5) is 13.5. The van der Waals surface area contributed by atoms with E-state index in [4.69, 9.17) is 11.6 Å². The molecule has 0 unspecified atom stereocenters. The van der Waals surface area contributed by atoms with Crippen molar-refractivity contribution in [2.75, 3.05) is 24.9 Å². The van der Waals surface area contributed by atoms with Gasteiger partial charge in [-0.3, -0.25) is 9.10 Å².